The Balaban J connectivity index is 2.24. The van der Waals surface area contributed by atoms with Gasteiger partial charge in [0, 0.05) is 6.04 Å². The van der Waals surface area contributed by atoms with Gasteiger partial charge in [-0.3, -0.25) is 0 Å². The summed E-state index contributed by atoms with van der Waals surface area (Å²) in [5.74, 6) is 0.436. The maximum atomic E-state index is 10.1. The van der Waals surface area contributed by atoms with Crippen molar-refractivity contribution in [3.05, 3.63) is 28.8 Å². The molecule has 1 aliphatic heterocycles. The number of phenolic OH excluding ortho intramolecular Hbond substituents is 1. The number of rotatable bonds is 2. The van der Waals surface area contributed by atoms with Gasteiger partial charge >= 0.3 is 0 Å². The molecule has 106 valence electrons. The van der Waals surface area contributed by atoms with E-state index in [2.05, 4.69) is 39.1 Å². The van der Waals surface area contributed by atoms with Crippen LogP contribution in [0.15, 0.2) is 12.1 Å². The highest BCUT2D eigenvalue weighted by atomic mass is 16.3. The number of nitrogens with one attached hydrogen (secondary N) is 1. The number of aromatic hydroxyl groups is 1. The van der Waals surface area contributed by atoms with Crippen molar-refractivity contribution in [1.29, 1.82) is 0 Å². The van der Waals surface area contributed by atoms with E-state index in [0.29, 0.717) is 11.8 Å². The van der Waals surface area contributed by atoms with Gasteiger partial charge in [0.2, 0.25) is 0 Å². The van der Waals surface area contributed by atoms with Crippen LogP contribution in [0.2, 0.25) is 0 Å². The molecule has 19 heavy (non-hydrogen) atoms. The van der Waals surface area contributed by atoms with Gasteiger partial charge in [-0.25, -0.2) is 0 Å². The third-order valence-electron chi connectivity index (χ3n) is 4.14. The Bertz CT molecular complexity index is 439. The van der Waals surface area contributed by atoms with Crippen LogP contribution in [-0.4, -0.2) is 17.7 Å². The quantitative estimate of drug-likeness (QED) is 0.851. The Morgan fingerprint density at radius 2 is 2.00 bits per heavy atom. The highest BCUT2D eigenvalue weighted by molar-refractivity contribution is 5.45. The molecule has 2 rings (SSSR count). The molecule has 0 saturated carbocycles. The molecule has 1 unspecified atom stereocenters. The van der Waals surface area contributed by atoms with E-state index in [0.717, 1.165) is 18.5 Å². The van der Waals surface area contributed by atoms with Crippen LogP contribution in [0, 0.1) is 6.92 Å². The lowest BCUT2D eigenvalue weighted by atomic mass is 9.83. The molecule has 1 aromatic rings. The zero-order valence-corrected chi connectivity index (χ0v) is 12.7. The molecule has 0 aromatic heterocycles. The van der Waals surface area contributed by atoms with Crippen LogP contribution < -0.4 is 5.32 Å². The Labute approximate surface area is 117 Å². The van der Waals surface area contributed by atoms with Crippen molar-refractivity contribution in [2.75, 3.05) is 6.54 Å². The summed E-state index contributed by atoms with van der Waals surface area (Å²) in [6.07, 6.45) is 4.99. The maximum Gasteiger partial charge on any atom is 0.119 e. The Kier molecular flexibility index (Phi) is 4.19. The lowest BCUT2D eigenvalue weighted by Gasteiger charge is -2.26. The normalized spacial score (nSPS) is 20.5. The van der Waals surface area contributed by atoms with Crippen LogP contribution in [0.4, 0.5) is 0 Å². The molecule has 0 amide bonds. The summed E-state index contributed by atoms with van der Waals surface area (Å²) in [7, 11) is 0. The van der Waals surface area contributed by atoms with Crippen LogP contribution in [0.3, 0.4) is 0 Å². The van der Waals surface area contributed by atoms with Crippen molar-refractivity contribution in [3.63, 3.8) is 0 Å². The molecule has 1 atom stereocenters. The standard InChI is InChI=1S/C17H27NO/c1-12-9-16(19)15(17(2,3)4)11-13(12)10-14-7-5-6-8-18-14/h9,11,14,18-19H,5-8,10H2,1-4H3. The van der Waals surface area contributed by atoms with E-state index in [4.69, 9.17) is 0 Å². The van der Waals surface area contributed by atoms with Crippen molar-refractivity contribution in [3.8, 4) is 5.75 Å². The van der Waals surface area contributed by atoms with Crippen molar-refractivity contribution in [1.82, 2.24) is 5.32 Å². The van der Waals surface area contributed by atoms with Gasteiger partial charge in [-0.15, -0.1) is 0 Å². The third kappa shape index (κ3) is 3.50. The minimum absolute atomic E-state index is 0.00741. The molecular weight excluding hydrogens is 234 g/mol. The number of hydrogen-bond acceptors (Lipinski definition) is 2. The molecule has 2 nitrogen and oxygen atoms in total. The van der Waals surface area contributed by atoms with Crippen LogP contribution >= 0.6 is 0 Å². The molecule has 1 aliphatic rings. The molecule has 1 fully saturated rings. The average molecular weight is 261 g/mol. The van der Waals surface area contributed by atoms with Gasteiger partial charge < -0.3 is 10.4 Å². The predicted molar refractivity (Wildman–Crippen MR) is 80.9 cm³/mol. The van der Waals surface area contributed by atoms with Crippen molar-refractivity contribution < 1.29 is 5.11 Å². The van der Waals surface area contributed by atoms with Crippen LogP contribution in [0.1, 0.15) is 56.7 Å². The summed E-state index contributed by atoms with van der Waals surface area (Å²) >= 11 is 0. The average Bonchev–Trinajstić information content (AvgIpc) is 2.32. The van der Waals surface area contributed by atoms with Gasteiger partial charge in [0.05, 0.1) is 0 Å². The SMILES string of the molecule is Cc1cc(O)c(C(C)(C)C)cc1CC1CCCCN1. The maximum absolute atomic E-state index is 10.1. The van der Waals surface area contributed by atoms with Gasteiger partial charge in [-0.2, -0.15) is 0 Å². The van der Waals surface area contributed by atoms with E-state index in [1.807, 2.05) is 6.07 Å². The van der Waals surface area contributed by atoms with E-state index in [-0.39, 0.29) is 5.41 Å². The molecule has 2 N–H and O–H groups in total. The fraction of sp³-hybridized carbons (Fsp3) is 0.647. The van der Waals surface area contributed by atoms with Gasteiger partial charge in [0.25, 0.3) is 0 Å². The van der Waals surface area contributed by atoms with Gasteiger partial charge in [0.1, 0.15) is 5.75 Å². The molecule has 1 heterocycles. The smallest absolute Gasteiger partial charge is 0.119 e. The molecular formula is C17H27NO. The Morgan fingerprint density at radius 1 is 1.26 bits per heavy atom. The summed E-state index contributed by atoms with van der Waals surface area (Å²) in [6.45, 7) is 9.71. The fourth-order valence-corrected chi connectivity index (χ4v) is 2.92. The molecule has 2 heteroatoms. The van der Waals surface area contributed by atoms with Gasteiger partial charge in [-0.05, 0) is 60.9 Å². The van der Waals surface area contributed by atoms with Gasteiger partial charge in [0.15, 0.2) is 0 Å². The Morgan fingerprint density at radius 3 is 2.58 bits per heavy atom. The largest absolute Gasteiger partial charge is 0.508 e. The van der Waals surface area contributed by atoms with Crippen LogP contribution in [-0.2, 0) is 11.8 Å². The molecule has 0 spiro atoms. The number of phenols is 1. The second-order valence-electron chi connectivity index (χ2n) is 6.90. The molecule has 0 bridgehead atoms. The zero-order chi connectivity index (χ0) is 14.0. The minimum Gasteiger partial charge on any atom is -0.508 e. The number of hydrogen-bond donors (Lipinski definition) is 2. The van der Waals surface area contributed by atoms with Gasteiger partial charge in [-0.1, -0.05) is 33.3 Å². The first-order chi connectivity index (χ1) is 8.88. The lowest BCUT2D eigenvalue weighted by molar-refractivity contribution is 0.398. The van der Waals surface area contributed by atoms with Crippen LogP contribution in [0.25, 0.3) is 0 Å². The predicted octanol–water partition coefficient (Wildman–Crippen LogP) is 3.68. The zero-order valence-electron chi connectivity index (χ0n) is 12.7. The van der Waals surface area contributed by atoms with E-state index >= 15 is 0 Å². The second kappa shape index (κ2) is 5.54. The summed E-state index contributed by atoms with van der Waals surface area (Å²) in [4.78, 5) is 0. The van der Waals surface area contributed by atoms with Crippen molar-refractivity contribution in [2.45, 2.75) is 64.8 Å². The molecule has 1 aromatic carbocycles. The number of benzene rings is 1. The minimum atomic E-state index is -0.00741. The third-order valence-corrected chi connectivity index (χ3v) is 4.14. The molecule has 1 saturated heterocycles. The van der Waals surface area contributed by atoms with E-state index < -0.39 is 0 Å². The first-order valence-electron chi connectivity index (χ1n) is 7.44. The summed E-state index contributed by atoms with van der Waals surface area (Å²) < 4.78 is 0. The van der Waals surface area contributed by atoms with E-state index in [9.17, 15) is 5.11 Å². The summed E-state index contributed by atoms with van der Waals surface area (Å²) in [5, 5.41) is 13.7. The lowest BCUT2D eigenvalue weighted by Crippen LogP contribution is -2.35. The number of aryl methyl sites for hydroxylation is 1. The number of piperidine rings is 1. The first-order valence-corrected chi connectivity index (χ1v) is 7.44. The summed E-state index contributed by atoms with van der Waals surface area (Å²) in [5.41, 5.74) is 3.64. The van der Waals surface area contributed by atoms with Crippen molar-refractivity contribution >= 4 is 0 Å². The Hall–Kier alpha value is -1.02. The van der Waals surface area contributed by atoms with Crippen LogP contribution in [0.5, 0.6) is 5.75 Å². The first kappa shape index (κ1) is 14.4. The van der Waals surface area contributed by atoms with E-state index in [1.165, 1.54) is 30.4 Å². The second-order valence-corrected chi connectivity index (χ2v) is 6.90. The highest BCUT2D eigenvalue weighted by Gasteiger charge is 2.21. The monoisotopic (exact) mass is 261 g/mol. The molecule has 0 aliphatic carbocycles. The van der Waals surface area contributed by atoms with E-state index in [1.54, 1.807) is 0 Å². The topological polar surface area (TPSA) is 32.3 Å². The summed E-state index contributed by atoms with van der Waals surface area (Å²) in [6, 6.07) is 4.74. The van der Waals surface area contributed by atoms with Crippen molar-refractivity contribution in [2.24, 2.45) is 0 Å². The fourth-order valence-electron chi connectivity index (χ4n) is 2.92. The molecule has 0 radical (unpaired) electrons. The highest BCUT2D eigenvalue weighted by Crippen LogP contribution is 2.33.